The predicted molar refractivity (Wildman–Crippen MR) is 62.2 cm³/mol. The van der Waals surface area contributed by atoms with Crippen LogP contribution in [0.25, 0.3) is 0 Å². The van der Waals surface area contributed by atoms with E-state index in [0.717, 1.165) is 5.56 Å². The summed E-state index contributed by atoms with van der Waals surface area (Å²) in [6, 6.07) is 9.52. The van der Waals surface area contributed by atoms with Crippen LogP contribution in [0.3, 0.4) is 0 Å². The lowest BCUT2D eigenvalue weighted by Gasteiger charge is -2.27. The molecule has 0 spiro atoms. The zero-order valence-electron chi connectivity index (χ0n) is 8.95. The van der Waals surface area contributed by atoms with E-state index in [-0.39, 0.29) is 0 Å². The second kappa shape index (κ2) is 6.11. The average molecular weight is 229 g/mol. The molecule has 0 saturated carbocycles. The van der Waals surface area contributed by atoms with Gasteiger partial charge in [0.15, 0.2) is 0 Å². The molecular formula is C12H17ClO2. The van der Waals surface area contributed by atoms with Crippen LogP contribution in [0.2, 0.25) is 0 Å². The molecule has 1 rings (SSSR count). The zero-order chi connectivity index (χ0) is 11.1. The van der Waals surface area contributed by atoms with Crippen molar-refractivity contribution in [3.8, 4) is 0 Å². The Bertz CT molecular complexity index is 276. The molecular weight excluding hydrogens is 212 g/mol. The summed E-state index contributed by atoms with van der Waals surface area (Å²) in [4.78, 5) is 0. The fraction of sp³-hybridized carbons (Fsp3) is 0.500. The van der Waals surface area contributed by atoms with Gasteiger partial charge in [0.1, 0.15) is 5.60 Å². The zero-order valence-corrected chi connectivity index (χ0v) is 9.70. The van der Waals surface area contributed by atoms with Crippen LogP contribution in [0.5, 0.6) is 0 Å². The molecule has 0 bridgehead atoms. The molecule has 0 aliphatic rings. The van der Waals surface area contributed by atoms with Gasteiger partial charge < -0.3 is 9.84 Å². The smallest absolute Gasteiger partial charge is 0.114 e. The van der Waals surface area contributed by atoms with Gasteiger partial charge >= 0.3 is 0 Å². The Morgan fingerprint density at radius 2 is 2.00 bits per heavy atom. The lowest BCUT2D eigenvalue weighted by atomic mass is 9.92. The van der Waals surface area contributed by atoms with E-state index in [1.807, 2.05) is 37.3 Å². The third-order valence-electron chi connectivity index (χ3n) is 2.36. The Morgan fingerprint density at radius 1 is 1.33 bits per heavy atom. The standard InChI is InChI=1S/C12H17ClO2/c1-2-15-10-12(14,8-9-13)11-6-4-3-5-7-11/h3-7,14H,2,8-10H2,1H3. The first-order chi connectivity index (χ1) is 7.23. The third-order valence-corrected chi connectivity index (χ3v) is 2.55. The maximum atomic E-state index is 10.4. The van der Waals surface area contributed by atoms with Crippen molar-refractivity contribution in [1.82, 2.24) is 0 Å². The number of hydrogen-bond acceptors (Lipinski definition) is 2. The van der Waals surface area contributed by atoms with Crippen molar-refractivity contribution in [1.29, 1.82) is 0 Å². The lowest BCUT2D eigenvalue weighted by Crippen LogP contribution is -2.32. The van der Waals surface area contributed by atoms with Gasteiger partial charge in [-0.15, -0.1) is 11.6 Å². The van der Waals surface area contributed by atoms with Gasteiger partial charge in [-0.2, -0.15) is 0 Å². The first-order valence-corrected chi connectivity index (χ1v) is 5.68. The van der Waals surface area contributed by atoms with Gasteiger partial charge in [-0.3, -0.25) is 0 Å². The topological polar surface area (TPSA) is 29.5 Å². The minimum atomic E-state index is -0.959. The summed E-state index contributed by atoms with van der Waals surface area (Å²) in [6.45, 7) is 2.80. The molecule has 0 saturated heterocycles. The second-order valence-electron chi connectivity index (χ2n) is 3.47. The molecule has 0 fully saturated rings. The van der Waals surface area contributed by atoms with E-state index in [4.69, 9.17) is 16.3 Å². The second-order valence-corrected chi connectivity index (χ2v) is 3.85. The molecule has 3 heteroatoms. The number of rotatable bonds is 6. The van der Waals surface area contributed by atoms with Crippen molar-refractivity contribution in [2.75, 3.05) is 19.1 Å². The Hall–Kier alpha value is -0.570. The van der Waals surface area contributed by atoms with E-state index in [1.54, 1.807) is 0 Å². The molecule has 1 atom stereocenters. The molecule has 0 heterocycles. The van der Waals surface area contributed by atoms with Crippen LogP contribution >= 0.6 is 11.6 Å². The van der Waals surface area contributed by atoms with E-state index >= 15 is 0 Å². The van der Waals surface area contributed by atoms with Gasteiger partial charge in [-0.1, -0.05) is 30.3 Å². The predicted octanol–water partition coefficient (Wildman–Crippen LogP) is 2.54. The Morgan fingerprint density at radius 3 is 2.53 bits per heavy atom. The maximum absolute atomic E-state index is 10.4. The van der Waals surface area contributed by atoms with Gasteiger partial charge in [0.05, 0.1) is 6.61 Å². The van der Waals surface area contributed by atoms with Gasteiger partial charge in [-0.05, 0) is 18.9 Å². The summed E-state index contributed by atoms with van der Waals surface area (Å²) in [5.74, 6) is 0.415. The van der Waals surface area contributed by atoms with Crippen LogP contribution in [-0.2, 0) is 10.3 Å². The van der Waals surface area contributed by atoms with Crippen molar-refractivity contribution in [3.63, 3.8) is 0 Å². The maximum Gasteiger partial charge on any atom is 0.114 e. The van der Waals surface area contributed by atoms with E-state index in [0.29, 0.717) is 25.5 Å². The molecule has 1 aromatic carbocycles. The summed E-state index contributed by atoms with van der Waals surface area (Å²) >= 11 is 5.70. The van der Waals surface area contributed by atoms with Gasteiger partial charge in [0.2, 0.25) is 0 Å². The summed E-state index contributed by atoms with van der Waals surface area (Å²) in [5, 5.41) is 10.4. The van der Waals surface area contributed by atoms with E-state index < -0.39 is 5.60 Å². The van der Waals surface area contributed by atoms with Crippen molar-refractivity contribution in [3.05, 3.63) is 35.9 Å². The monoisotopic (exact) mass is 228 g/mol. The molecule has 1 aromatic rings. The summed E-state index contributed by atoms with van der Waals surface area (Å²) in [6.07, 6.45) is 0.499. The summed E-state index contributed by atoms with van der Waals surface area (Å²) in [5.41, 5.74) is -0.0990. The van der Waals surface area contributed by atoms with Crippen molar-refractivity contribution < 1.29 is 9.84 Å². The van der Waals surface area contributed by atoms with Crippen LogP contribution in [-0.4, -0.2) is 24.2 Å². The first-order valence-electron chi connectivity index (χ1n) is 5.14. The highest BCUT2D eigenvalue weighted by Crippen LogP contribution is 2.25. The Kier molecular flexibility index (Phi) is 5.09. The fourth-order valence-corrected chi connectivity index (χ4v) is 1.79. The first kappa shape index (κ1) is 12.5. The van der Waals surface area contributed by atoms with E-state index in [9.17, 15) is 5.11 Å². The number of ether oxygens (including phenoxy) is 1. The van der Waals surface area contributed by atoms with Crippen LogP contribution in [0, 0.1) is 0 Å². The molecule has 0 aliphatic heterocycles. The van der Waals surface area contributed by atoms with Crippen LogP contribution in [0.15, 0.2) is 30.3 Å². The van der Waals surface area contributed by atoms with Crippen molar-refractivity contribution in [2.45, 2.75) is 18.9 Å². The lowest BCUT2D eigenvalue weighted by molar-refractivity contribution is -0.0500. The van der Waals surface area contributed by atoms with Crippen molar-refractivity contribution >= 4 is 11.6 Å². The summed E-state index contributed by atoms with van der Waals surface area (Å²) < 4.78 is 5.30. The highest BCUT2D eigenvalue weighted by Gasteiger charge is 2.28. The molecule has 0 aromatic heterocycles. The van der Waals surface area contributed by atoms with Gasteiger partial charge in [-0.25, -0.2) is 0 Å². The van der Waals surface area contributed by atoms with Gasteiger partial charge in [0.25, 0.3) is 0 Å². The number of alkyl halides is 1. The number of aliphatic hydroxyl groups is 1. The van der Waals surface area contributed by atoms with E-state index in [2.05, 4.69) is 0 Å². The third kappa shape index (κ3) is 3.49. The molecule has 84 valence electrons. The van der Waals surface area contributed by atoms with E-state index in [1.165, 1.54) is 0 Å². The van der Waals surface area contributed by atoms with Crippen LogP contribution in [0.1, 0.15) is 18.9 Å². The number of hydrogen-bond donors (Lipinski definition) is 1. The molecule has 2 nitrogen and oxygen atoms in total. The molecule has 1 unspecified atom stereocenters. The SMILES string of the molecule is CCOCC(O)(CCCl)c1ccccc1. The summed E-state index contributed by atoms with van der Waals surface area (Å²) in [7, 11) is 0. The van der Waals surface area contributed by atoms with Crippen LogP contribution in [0.4, 0.5) is 0 Å². The quantitative estimate of drug-likeness (QED) is 0.759. The largest absolute Gasteiger partial charge is 0.383 e. The Labute approximate surface area is 95.8 Å². The molecule has 0 aliphatic carbocycles. The number of halogens is 1. The molecule has 1 N–H and O–H groups in total. The van der Waals surface area contributed by atoms with Crippen LogP contribution < -0.4 is 0 Å². The highest BCUT2D eigenvalue weighted by molar-refractivity contribution is 6.17. The van der Waals surface area contributed by atoms with Crippen molar-refractivity contribution in [2.24, 2.45) is 0 Å². The fourth-order valence-electron chi connectivity index (χ4n) is 1.48. The minimum absolute atomic E-state index is 0.292. The molecule has 0 radical (unpaired) electrons. The minimum Gasteiger partial charge on any atom is -0.383 e. The Balaban J connectivity index is 2.80. The average Bonchev–Trinajstić information content (AvgIpc) is 2.28. The molecule has 0 amide bonds. The number of benzene rings is 1. The normalized spacial score (nSPS) is 14.9. The van der Waals surface area contributed by atoms with Gasteiger partial charge in [0, 0.05) is 12.5 Å². The highest BCUT2D eigenvalue weighted by atomic mass is 35.5. The molecule has 15 heavy (non-hydrogen) atoms.